The van der Waals surface area contributed by atoms with Crippen molar-refractivity contribution in [1.82, 2.24) is 4.90 Å². The molecule has 1 amide bonds. The lowest BCUT2D eigenvalue weighted by molar-refractivity contribution is -0.134. The first-order valence-corrected chi connectivity index (χ1v) is 5.55. The maximum absolute atomic E-state index is 11.8. The summed E-state index contributed by atoms with van der Waals surface area (Å²) in [4.78, 5) is 24.4. The van der Waals surface area contributed by atoms with Crippen LogP contribution in [-0.2, 0) is 16.1 Å². The van der Waals surface area contributed by atoms with Crippen LogP contribution in [0.15, 0.2) is 43.0 Å². The van der Waals surface area contributed by atoms with Crippen LogP contribution in [0.1, 0.15) is 18.9 Å². The van der Waals surface area contributed by atoms with Crippen LogP contribution in [0, 0.1) is 0 Å². The van der Waals surface area contributed by atoms with E-state index in [1.165, 1.54) is 6.92 Å². The van der Waals surface area contributed by atoms with E-state index in [0.29, 0.717) is 13.1 Å². The second-order valence-corrected chi connectivity index (χ2v) is 3.93. The molecule has 0 spiro atoms. The van der Waals surface area contributed by atoms with Gasteiger partial charge in [-0.1, -0.05) is 36.4 Å². The highest BCUT2D eigenvalue weighted by molar-refractivity contribution is 5.96. The Morgan fingerprint density at radius 3 is 2.47 bits per heavy atom. The molecule has 0 aliphatic heterocycles. The third kappa shape index (κ3) is 4.64. The average molecular weight is 231 g/mol. The summed E-state index contributed by atoms with van der Waals surface area (Å²) in [6.07, 6.45) is 1.63. The van der Waals surface area contributed by atoms with Crippen molar-refractivity contribution in [3.8, 4) is 0 Å². The molecule has 0 saturated carbocycles. The molecule has 17 heavy (non-hydrogen) atoms. The van der Waals surface area contributed by atoms with Gasteiger partial charge in [-0.25, -0.2) is 0 Å². The van der Waals surface area contributed by atoms with Gasteiger partial charge in [-0.15, -0.1) is 6.58 Å². The van der Waals surface area contributed by atoms with Crippen molar-refractivity contribution in [1.29, 1.82) is 0 Å². The molecule has 0 saturated heterocycles. The smallest absolute Gasteiger partial charge is 0.230 e. The molecule has 1 aromatic carbocycles. The van der Waals surface area contributed by atoms with Crippen molar-refractivity contribution in [3.63, 3.8) is 0 Å². The Labute approximate surface area is 102 Å². The van der Waals surface area contributed by atoms with Crippen molar-refractivity contribution in [2.24, 2.45) is 0 Å². The van der Waals surface area contributed by atoms with Crippen molar-refractivity contribution in [2.45, 2.75) is 19.9 Å². The molecule has 0 aromatic heterocycles. The van der Waals surface area contributed by atoms with E-state index in [1.54, 1.807) is 11.0 Å². The molecule has 1 rings (SSSR count). The van der Waals surface area contributed by atoms with Gasteiger partial charge in [-0.05, 0) is 12.5 Å². The van der Waals surface area contributed by atoms with Gasteiger partial charge in [-0.2, -0.15) is 0 Å². The number of carbonyl (C=O) groups excluding carboxylic acids is 2. The molecule has 3 heteroatoms. The Kier molecular flexibility index (Phi) is 5.14. The molecule has 0 radical (unpaired) electrons. The zero-order chi connectivity index (χ0) is 12.7. The minimum Gasteiger partial charge on any atom is -0.334 e. The van der Waals surface area contributed by atoms with Gasteiger partial charge in [-0.3, -0.25) is 9.59 Å². The second-order valence-electron chi connectivity index (χ2n) is 3.93. The molecule has 0 heterocycles. The number of amides is 1. The lowest BCUT2D eigenvalue weighted by Crippen LogP contribution is -2.31. The van der Waals surface area contributed by atoms with Crippen molar-refractivity contribution in [3.05, 3.63) is 48.6 Å². The number of nitrogens with zero attached hydrogens (tertiary/aromatic N) is 1. The molecule has 0 unspecified atom stereocenters. The highest BCUT2D eigenvalue weighted by Gasteiger charge is 2.14. The van der Waals surface area contributed by atoms with Crippen molar-refractivity contribution in [2.75, 3.05) is 6.54 Å². The monoisotopic (exact) mass is 231 g/mol. The van der Waals surface area contributed by atoms with E-state index in [9.17, 15) is 9.59 Å². The molecule has 90 valence electrons. The van der Waals surface area contributed by atoms with E-state index in [1.807, 2.05) is 30.3 Å². The van der Waals surface area contributed by atoms with E-state index in [4.69, 9.17) is 0 Å². The number of carbonyl (C=O) groups is 2. The van der Waals surface area contributed by atoms with Crippen LogP contribution in [-0.4, -0.2) is 23.1 Å². The van der Waals surface area contributed by atoms with Crippen molar-refractivity contribution >= 4 is 11.7 Å². The zero-order valence-corrected chi connectivity index (χ0v) is 10.1. The number of hydrogen-bond donors (Lipinski definition) is 0. The van der Waals surface area contributed by atoms with Gasteiger partial charge in [0.05, 0.1) is 6.42 Å². The van der Waals surface area contributed by atoms with Gasteiger partial charge >= 0.3 is 0 Å². The molecule has 0 atom stereocenters. The lowest BCUT2D eigenvalue weighted by Gasteiger charge is -2.20. The predicted octanol–water partition coefficient (Wildman–Crippen LogP) is 2.18. The van der Waals surface area contributed by atoms with Crippen molar-refractivity contribution < 1.29 is 9.59 Å². The highest BCUT2D eigenvalue weighted by atomic mass is 16.2. The van der Waals surface area contributed by atoms with Gasteiger partial charge in [0.25, 0.3) is 0 Å². The number of ketones is 1. The summed E-state index contributed by atoms with van der Waals surface area (Å²) in [5, 5.41) is 0. The molecule has 3 nitrogen and oxygen atoms in total. The Balaban J connectivity index is 2.69. The van der Waals surface area contributed by atoms with E-state index in [0.717, 1.165) is 5.56 Å². The summed E-state index contributed by atoms with van der Waals surface area (Å²) >= 11 is 0. The summed E-state index contributed by atoms with van der Waals surface area (Å²) in [5.41, 5.74) is 1.05. The third-order valence-electron chi connectivity index (χ3n) is 2.32. The molecule has 0 fully saturated rings. The maximum Gasteiger partial charge on any atom is 0.230 e. The van der Waals surface area contributed by atoms with E-state index in [-0.39, 0.29) is 18.1 Å². The fourth-order valence-corrected chi connectivity index (χ4v) is 1.54. The normalized spacial score (nSPS) is 9.71. The SMILES string of the molecule is C=CCN(Cc1ccccc1)C(=O)CC(C)=O. The van der Waals surface area contributed by atoms with E-state index in [2.05, 4.69) is 6.58 Å². The number of Topliss-reactive ketones (excluding diaryl/α,β-unsaturated/α-hetero) is 1. The van der Waals surface area contributed by atoms with E-state index >= 15 is 0 Å². The largest absolute Gasteiger partial charge is 0.334 e. The zero-order valence-electron chi connectivity index (χ0n) is 10.1. The molecule has 0 aliphatic rings. The van der Waals surface area contributed by atoms with Crippen LogP contribution in [0.25, 0.3) is 0 Å². The Bertz CT molecular complexity index is 398. The van der Waals surface area contributed by atoms with Crippen LogP contribution in [0.2, 0.25) is 0 Å². The van der Waals surface area contributed by atoms with Crippen LogP contribution in [0.3, 0.4) is 0 Å². The highest BCUT2D eigenvalue weighted by Crippen LogP contribution is 2.06. The standard InChI is InChI=1S/C14H17NO2/c1-3-9-15(14(17)10-12(2)16)11-13-7-5-4-6-8-13/h3-8H,1,9-11H2,2H3. The minimum atomic E-state index is -0.152. The van der Waals surface area contributed by atoms with Crippen LogP contribution in [0.5, 0.6) is 0 Å². The van der Waals surface area contributed by atoms with Crippen LogP contribution < -0.4 is 0 Å². The fraction of sp³-hybridized carbons (Fsp3) is 0.286. The first kappa shape index (κ1) is 13.2. The van der Waals surface area contributed by atoms with Gasteiger partial charge in [0.2, 0.25) is 5.91 Å². The Morgan fingerprint density at radius 2 is 1.94 bits per heavy atom. The topological polar surface area (TPSA) is 37.4 Å². The molecule has 1 aromatic rings. The van der Waals surface area contributed by atoms with Gasteiger partial charge in [0, 0.05) is 13.1 Å². The number of benzene rings is 1. The van der Waals surface area contributed by atoms with Crippen LogP contribution in [0.4, 0.5) is 0 Å². The van der Waals surface area contributed by atoms with Gasteiger partial charge < -0.3 is 4.90 Å². The molecule has 0 bridgehead atoms. The van der Waals surface area contributed by atoms with E-state index < -0.39 is 0 Å². The summed E-state index contributed by atoms with van der Waals surface area (Å²) in [5.74, 6) is -0.265. The molecular formula is C14H17NO2. The van der Waals surface area contributed by atoms with Gasteiger partial charge in [0.15, 0.2) is 0 Å². The third-order valence-corrected chi connectivity index (χ3v) is 2.32. The summed E-state index contributed by atoms with van der Waals surface area (Å²) in [6, 6.07) is 9.70. The quantitative estimate of drug-likeness (QED) is 0.556. The summed E-state index contributed by atoms with van der Waals surface area (Å²) < 4.78 is 0. The summed E-state index contributed by atoms with van der Waals surface area (Å²) in [7, 11) is 0. The first-order chi connectivity index (χ1) is 8.13. The van der Waals surface area contributed by atoms with Crippen LogP contribution >= 0.6 is 0 Å². The molecule has 0 aliphatic carbocycles. The summed E-state index contributed by atoms with van der Waals surface area (Å²) in [6.45, 7) is 6.02. The minimum absolute atomic E-state index is 0.0410. The molecule has 0 N–H and O–H groups in total. The Morgan fingerprint density at radius 1 is 1.29 bits per heavy atom. The number of hydrogen-bond acceptors (Lipinski definition) is 2. The average Bonchev–Trinajstić information content (AvgIpc) is 2.29. The fourth-order valence-electron chi connectivity index (χ4n) is 1.54. The molecular weight excluding hydrogens is 214 g/mol. The first-order valence-electron chi connectivity index (χ1n) is 5.55. The van der Waals surface area contributed by atoms with Gasteiger partial charge in [0.1, 0.15) is 5.78 Å². The second kappa shape index (κ2) is 6.63. The predicted molar refractivity (Wildman–Crippen MR) is 67.4 cm³/mol. The Hall–Kier alpha value is -1.90. The maximum atomic E-state index is 11.8. The number of rotatable bonds is 6. The lowest BCUT2D eigenvalue weighted by atomic mass is 10.2.